The van der Waals surface area contributed by atoms with Crippen molar-refractivity contribution < 1.29 is 18.0 Å². The Bertz CT molecular complexity index is 1080. The number of sulfone groups is 1. The molecule has 2 aliphatic rings. The summed E-state index contributed by atoms with van der Waals surface area (Å²) in [6, 6.07) is 14.0. The molecule has 4 rings (SSSR count). The van der Waals surface area contributed by atoms with Gasteiger partial charge in [0.25, 0.3) is 5.91 Å². The zero-order valence-corrected chi connectivity index (χ0v) is 18.4. The molecule has 2 aromatic carbocycles. The number of carbonyl (C=O) groups is 2. The van der Waals surface area contributed by atoms with E-state index in [4.69, 9.17) is 0 Å². The molecule has 1 fully saturated rings. The van der Waals surface area contributed by atoms with E-state index < -0.39 is 9.84 Å². The maximum absolute atomic E-state index is 12.9. The first-order valence-electron chi connectivity index (χ1n) is 10.5. The minimum atomic E-state index is -3.30. The predicted molar refractivity (Wildman–Crippen MR) is 118 cm³/mol. The van der Waals surface area contributed by atoms with Gasteiger partial charge >= 0.3 is 6.03 Å². The van der Waals surface area contributed by atoms with E-state index in [1.165, 1.54) is 23.3 Å². The Kier molecular flexibility index (Phi) is 6.00. The summed E-state index contributed by atoms with van der Waals surface area (Å²) in [7, 11) is -3.30. The Morgan fingerprint density at radius 1 is 0.968 bits per heavy atom. The third-order valence-corrected chi connectivity index (χ3v) is 7.11. The second-order valence-electron chi connectivity index (χ2n) is 8.28. The second kappa shape index (κ2) is 8.70. The van der Waals surface area contributed by atoms with Gasteiger partial charge in [-0.15, -0.1) is 0 Å². The summed E-state index contributed by atoms with van der Waals surface area (Å²) < 4.78 is 23.2. The lowest BCUT2D eigenvalue weighted by Gasteiger charge is -2.35. The molecule has 0 aromatic heterocycles. The maximum Gasteiger partial charge on any atom is 0.317 e. The van der Waals surface area contributed by atoms with Crippen LogP contribution in [0.4, 0.5) is 4.79 Å². The highest BCUT2D eigenvalue weighted by molar-refractivity contribution is 7.90. The van der Waals surface area contributed by atoms with Crippen molar-refractivity contribution >= 4 is 21.8 Å². The Hall–Kier alpha value is -2.87. The third-order valence-electron chi connectivity index (χ3n) is 5.98. The Morgan fingerprint density at radius 3 is 2.39 bits per heavy atom. The molecule has 31 heavy (non-hydrogen) atoms. The zero-order valence-electron chi connectivity index (χ0n) is 17.6. The molecule has 3 amide bonds. The Morgan fingerprint density at radius 2 is 1.68 bits per heavy atom. The highest BCUT2D eigenvalue weighted by Crippen LogP contribution is 2.20. The van der Waals surface area contributed by atoms with Gasteiger partial charge in [0.05, 0.1) is 4.90 Å². The number of nitrogens with zero attached hydrogens (tertiary/aromatic N) is 2. The lowest BCUT2D eigenvalue weighted by atomic mass is 10.00. The van der Waals surface area contributed by atoms with Crippen molar-refractivity contribution in [2.24, 2.45) is 0 Å². The summed E-state index contributed by atoms with van der Waals surface area (Å²) in [5, 5.41) is 3.10. The summed E-state index contributed by atoms with van der Waals surface area (Å²) in [6.45, 7) is 2.36. The lowest BCUT2D eigenvalue weighted by molar-refractivity contribution is 0.0693. The number of urea groups is 1. The summed E-state index contributed by atoms with van der Waals surface area (Å²) in [5.41, 5.74) is 2.93. The fourth-order valence-corrected chi connectivity index (χ4v) is 4.87. The minimum Gasteiger partial charge on any atom is -0.337 e. The van der Waals surface area contributed by atoms with Crippen molar-refractivity contribution in [3.63, 3.8) is 0 Å². The highest BCUT2D eigenvalue weighted by Gasteiger charge is 2.28. The van der Waals surface area contributed by atoms with E-state index in [9.17, 15) is 18.0 Å². The standard InChI is InChI=1S/C23H27N3O4S/c1-31(29,30)21-10-8-18(9-11-21)22(27)25-13-4-7-20(16-25)24-23(28)26-14-12-17-5-2-3-6-19(17)15-26/h2-3,5-6,8-11,20H,4,7,12-16H2,1H3,(H,24,28). The normalized spacial score (nSPS) is 18.9. The van der Waals surface area contributed by atoms with Crippen molar-refractivity contribution in [3.05, 3.63) is 65.2 Å². The highest BCUT2D eigenvalue weighted by atomic mass is 32.2. The third kappa shape index (κ3) is 4.90. The Labute approximate surface area is 183 Å². The average Bonchev–Trinajstić information content (AvgIpc) is 2.78. The van der Waals surface area contributed by atoms with Gasteiger partial charge in [-0.05, 0) is 54.7 Å². The summed E-state index contributed by atoms with van der Waals surface area (Å²) in [4.78, 5) is 29.4. The van der Waals surface area contributed by atoms with Crippen LogP contribution in [-0.4, -0.2) is 62.1 Å². The number of hydrogen-bond acceptors (Lipinski definition) is 4. The molecule has 1 saturated heterocycles. The van der Waals surface area contributed by atoms with Gasteiger partial charge in [0.2, 0.25) is 0 Å². The van der Waals surface area contributed by atoms with E-state index in [0.717, 1.165) is 25.5 Å². The van der Waals surface area contributed by atoms with Crippen molar-refractivity contribution in [3.8, 4) is 0 Å². The molecule has 8 heteroatoms. The minimum absolute atomic E-state index is 0.0914. The lowest BCUT2D eigenvalue weighted by Crippen LogP contribution is -2.53. The number of amides is 3. The molecule has 0 saturated carbocycles. The first kappa shape index (κ1) is 21.4. The maximum atomic E-state index is 12.9. The van der Waals surface area contributed by atoms with Crippen LogP contribution in [-0.2, 0) is 22.8 Å². The molecule has 7 nitrogen and oxygen atoms in total. The number of fused-ring (bicyclic) bond motifs is 1. The van der Waals surface area contributed by atoms with Crippen LogP contribution >= 0.6 is 0 Å². The molecule has 2 heterocycles. The fourth-order valence-electron chi connectivity index (χ4n) is 4.24. The summed E-state index contributed by atoms with van der Waals surface area (Å²) in [6.07, 6.45) is 3.62. The van der Waals surface area contributed by atoms with Crippen molar-refractivity contribution in [1.82, 2.24) is 15.1 Å². The zero-order chi connectivity index (χ0) is 22.0. The number of rotatable bonds is 3. The molecule has 1 atom stereocenters. The number of likely N-dealkylation sites (tertiary alicyclic amines) is 1. The molecule has 0 spiro atoms. The van der Waals surface area contributed by atoms with Gasteiger partial charge < -0.3 is 15.1 Å². The number of nitrogens with one attached hydrogen (secondary N) is 1. The SMILES string of the molecule is CS(=O)(=O)c1ccc(C(=O)N2CCCC(NC(=O)N3CCc4ccccc4C3)C2)cc1. The first-order chi connectivity index (χ1) is 14.8. The molecule has 1 unspecified atom stereocenters. The van der Waals surface area contributed by atoms with Crippen LogP contribution in [0.2, 0.25) is 0 Å². The van der Waals surface area contributed by atoms with Crippen molar-refractivity contribution in [2.45, 2.75) is 36.7 Å². The van der Waals surface area contributed by atoms with E-state index in [1.807, 2.05) is 17.0 Å². The number of hydrogen-bond donors (Lipinski definition) is 1. The average molecular weight is 442 g/mol. The van der Waals surface area contributed by atoms with Crippen LogP contribution in [0.5, 0.6) is 0 Å². The van der Waals surface area contributed by atoms with E-state index in [-0.39, 0.29) is 22.9 Å². The Balaban J connectivity index is 1.36. The molecule has 0 bridgehead atoms. The second-order valence-corrected chi connectivity index (χ2v) is 10.3. The molecule has 0 aliphatic carbocycles. The van der Waals surface area contributed by atoms with Gasteiger partial charge in [0.15, 0.2) is 9.84 Å². The molecule has 2 aromatic rings. The predicted octanol–water partition coefficient (Wildman–Crippen LogP) is 2.46. The van der Waals surface area contributed by atoms with Gasteiger partial charge in [0.1, 0.15) is 0 Å². The summed E-state index contributed by atoms with van der Waals surface area (Å²) in [5.74, 6) is -0.147. The van der Waals surface area contributed by atoms with Crippen LogP contribution in [0.25, 0.3) is 0 Å². The van der Waals surface area contributed by atoms with E-state index in [0.29, 0.717) is 31.7 Å². The first-order valence-corrected chi connectivity index (χ1v) is 12.4. The van der Waals surface area contributed by atoms with Gasteiger partial charge in [-0.2, -0.15) is 0 Å². The molecule has 0 radical (unpaired) electrons. The van der Waals surface area contributed by atoms with Crippen LogP contribution in [0.3, 0.4) is 0 Å². The molecule has 164 valence electrons. The van der Waals surface area contributed by atoms with Crippen molar-refractivity contribution in [2.75, 3.05) is 25.9 Å². The van der Waals surface area contributed by atoms with Crippen LogP contribution in [0, 0.1) is 0 Å². The quantitative estimate of drug-likeness (QED) is 0.793. The molecule has 2 aliphatic heterocycles. The van der Waals surface area contributed by atoms with Crippen LogP contribution < -0.4 is 5.32 Å². The molecular formula is C23H27N3O4S. The summed E-state index contributed by atoms with van der Waals surface area (Å²) >= 11 is 0. The largest absolute Gasteiger partial charge is 0.337 e. The number of benzene rings is 2. The van der Waals surface area contributed by atoms with Gasteiger partial charge in [0, 0.05) is 44.0 Å². The monoisotopic (exact) mass is 441 g/mol. The van der Waals surface area contributed by atoms with Gasteiger partial charge in [-0.1, -0.05) is 24.3 Å². The fraction of sp³-hybridized carbons (Fsp3) is 0.391. The van der Waals surface area contributed by atoms with Gasteiger partial charge in [-0.25, -0.2) is 13.2 Å². The smallest absolute Gasteiger partial charge is 0.317 e. The number of piperidine rings is 1. The van der Waals surface area contributed by atoms with Crippen molar-refractivity contribution in [1.29, 1.82) is 0 Å². The van der Waals surface area contributed by atoms with Gasteiger partial charge in [-0.3, -0.25) is 4.79 Å². The molecule has 1 N–H and O–H groups in total. The van der Waals surface area contributed by atoms with E-state index in [1.54, 1.807) is 17.0 Å². The topological polar surface area (TPSA) is 86.8 Å². The van der Waals surface area contributed by atoms with E-state index in [2.05, 4.69) is 17.4 Å². The molecular weight excluding hydrogens is 414 g/mol. The number of carbonyl (C=O) groups excluding carboxylic acids is 2. The van der Waals surface area contributed by atoms with E-state index >= 15 is 0 Å². The van der Waals surface area contributed by atoms with Crippen LogP contribution in [0.15, 0.2) is 53.4 Å². The van der Waals surface area contributed by atoms with Crippen LogP contribution in [0.1, 0.15) is 34.3 Å².